The van der Waals surface area contributed by atoms with E-state index in [0.29, 0.717) is 5.69 Å². The van der Waals surface area contributed by atoms with Gasteiger partial charge in [-0.15, -0.1) is 11.3 Å². The minimum absolute atomic E-state index is 0.129. The van der Waals surface area contributed by atoms with Gasteiger partial charge in [-0.3, -0.25) is 9.69 Å². The van der Waals surface area contributed by atoms with Gasteiger partial charge >= 0.3 is 0 Å². The minimum atomic E-state index is -3.53. The van der Waals surface area contributed by atoms with Gasteiger partial charge in [0.2, 0.25) is 15.9 Å². The highest BCUT2D eigenvalue weighted by Gasteiger charge is 2.23. The Morgan fingerprint density at radius 3 is 2.26 bits per heavy atom. The first kappa shape index (κ1) is 21.6. The lowest BCUT2D eigenvalue weighted by atomic mass is 10.2. The van der Waals surface area contributed by atoms with E-state index in [1.807, 2.05) is 37.2 Å². The third kappa shape index (κ3) is 5.38. The summed E-state index contributed by atoms with van der Waals surface area (Å²) in [6.07, 6.45) is 0. The van der Waals surface area contributed by atoms with Gasteiger partial charge in [0.05, 0.1) is 11.4 Å². The molecular weight excluding hydrogens is 382 g/mol. The molecule has 1 N–H and O–H groups in total. The Labute approximate surface area is 165 Å². The van der Waals surface area contributed by atoms with Crippen LogP contribution in [0.1, 0.15) is 31.7 Å². The number of benzene rings is 1. The molecule has 1 amide bonds. The molecule has 27 heavy (non-hydrogen) atoms. The lowest BCUT2D eigenvalue weighted by Gasteiger charge is -2.23. The van der Waals surface area contributed by atoms with Gasteiger partial charge in [-0.2, -0.15) is 4.31 Å². The van der Waals surface area contributed by atoms with E-state index in [9.17, 15) is 13.2 Å². The van der Waals surface area contributed by atoms with Crippen LogP contribution in [0.2, 0.25) is 0 Å². The number of nitrogens with zero attached hydrogens (tertiary/aromatic N) is 2. The molecule has 148 valence electrons. The van der Waals surface area contributed by atoms with Gasteiger partial charge in [-0.1, -0.05) is 6.07 Å². The predicted octanol–water partition coefficient (Wildman–Crippen LogP) is 3.41. The molecule has 0 aliphatic rings. The number of carbonyl (C=O) groups excluding carboxylic acids is 1. The van der Waals surface area contributed by atoms with E-state index in [1.165, 1.54) is 21.3 Å². The maximum Gasteiger partial charge on any atom is 0.243 e. The zero-order valence-electron chi connectivity index (χ0n) is 16.3. The van der Waals surface area contributed by atoms with Gasteiger partial charge in [0, 0.05) is 29.7 Å². The average molecular weight is 410 g/mol. The number of anilines is 1. The molecule has 0 spiro atoms. The second-order valence-corrected chi connectivity index (χ2v) is 9.77. The van der Waals surface area contributed by atoms with Crippen molar-refractivity contribution in [2.24, 2.45) is 0 Å². The lowest BCUT2D eigenvalue weighted by Crippen LogP contribution is -2.33. The van der Waals surface area contributed by atoms with E-state index in [-0.39, 0.29) is 29.4 Å². The molecule has 0 saturated carbocycles. The fraction of sp³-hybridized carbons (Fsp3) is 0.421. The number of nitrogens with one attached hydrogen (secondary N) is 1. The molecule has 1 atom stereocenters. The van der Waals surface area contributed by atoms with Gasteiger partial charge in [-0.05, 0) is 63.5 Å². The van der Waals surface area contributed by atoms with Crippen LogP contribution < -0.4 is 5.32 Å². The third-order valence-corrected chi connectivity index (χ3v) is 7.64. The number of hydrogen-bond donors (Lipinski definition) is 1. The third-order valence-electron chi connectivity index (χ3n) is 4.55. The van der Waals surface area contributed by atoms with Crippen LogP contribution in [-0.2, 0) is 14.8 Å². The van der Waals surface area contributed by atoms with E-state index >= 15 is 0 Å². The molecule has 0 bridgehead atoms. The number of sulfonamides is 1. The first-order valence-electron chi connectivity index (χ1n) is 8.74. The lowest BCUT2D eigenvalue weighted by molar-refractivity contribution is -0.117. The molecule has 1 aromatic heterocycles. The van der Waals surface area contributed by atoms with Crippen LogP contribution in [0, 0.1) is 0 Å². The molecule has 2 rings (SSSR count). The summed E-state index contributed by atoms with van der Waals surface area (Å²) < 4.78 is 26.3. The fourth-order valence-corrected chi connectivity index (χ4v) is 4.68. The second-order valence-electron chi connectivity index (χ2n) is 6.79. The van der Waals surface area contributed by atoms with E-state index in [4.69, 9.17) is 0 Å². The van der Waals surface area contributed by atoms with Crippen LogP contribution in [0.15, 0.2) is 46.7 Å². The largest absolute Gasteiger partial charge is 0.325 e. The molecule has 0 radical (unpaired) electrons. The van der Waals surface area contributed by atoms with Crippen molar-refractivity contribution in [3.63, 3.8) is 0 Å². The number of carbonyl (C=O) groups is 1. The molecule has 0 aliphatic carbocycles. The van der Waals surface area contributed by atoms with Crippen molar-refractivity contribution >= 4 is 33.0 Å². The summed E-state index contributed by atoms with van der Waals surface area (Å²) in [6, 6.07) is 10.3. The number of amides is 1. The first-order valence-corrected chi connectivity index (χ1v) is 11.1. The molecule has 0 saturated heterocycles. The summed E-state index contributed by atoms with van der Waals surface area (Å²) in [5.41, 5.74) is 0.573. The summed E-state index contributed by atoms with van der Waals surface area (Å²) >= 11 is 1.66. The Balaban J connectivity index is 1.99. The van der Waals surface area contributed by atoms with Gasteiger partial charge < -0.3 is 5.32 Å². The van der Waals surface area contributed by atoms with Crippen molar-refractivity contribution in [1.82, 2.24) is 9.21 Å². The van der Waals surface area contributed by atoms with Crippen molar-refractivity contribution in [3.8, 4) is 0 Å². The predicted molar refractivity (Wildman–Crippen MR) is 111 cm³/mol. The number of likely N-dealkylation sites (N-methyl/N-ethyl adjacent to an activating group) is 1. The monoisotopic (exact) mass is 409 g/mol. The van der Waals surface area contributed by atoms with Crippen LogP contribution >= 0.6 is 11.3 Å². The standard InChI is InChI=1S/C19H27N3O3S2/c1-14(2)22(5)27(24,25)17-10-8-16(9-11-17)20-19(23)13-21(4)15(3)18-7-6-12-26-18/h6-12,14-15H,13H2,1-5H3,(H,20,23). The van der Waals surface area contributed by atoms with Crippen molar-refractivity contribution in [2.75, 3.05) is 26.0 Å². The number of rotatable bonds is 8. The van der Waals surface area contributed by atoms with E-state index < -0.39 is 10.0 Å². The Morgan fingerprint density at radius 2 is 1.74 bits per heavy atom. The molecule has 2 aromatic rings. The van der Waals surface area contributed by atoms with Crippen molar-refractivity contribution in [1.29, 1.82) is 0 Å². The Kier molecular flexibility index (Phi) is 7.16. The van der Waals surface area contributed by atoms with Crippen LogP contribution in [0.5, 0.6) is 0 Å². The molecule has 0 fully saturated rings. The topological polar surface area (TPSA) is 69.7 Å². The summed E-state index contributed by atoms with van der Waals surface area (Å²) in [5, 5.41) is 4.84. The van der Waals surface area contributed by atoms with Gasteiger partial charge in [0.25, 0.3) is 0 Å². The SMILES string of the molecule is CC(c1cccs1)N(C)CC(=O)Nc1ccc(S(=O)(=O)N(C)C(C)C)cc1. The highest BCUT2D eigenvalue weighted by Crippen LogP contribution is 2.23. The van der Waals surface area contributed by atoms with Crippen LogP contribution in [0.3, 0.4) is 0 Å². The van der Waals surface area contributed by atoms with Gasteiger partial charge in [0.15, 0.2) is 0 Å². The maximum atomic E-state index is 12.5. The zero-order chi connectivity index (χ0) is 20.2. The van der Waals surface area contributed by atoms with Gasteiger partial charge in [-0.25, -0.2) is 8.42 Å². The molecule has 8 heteroatoms. The highest BCUT2D eigenvalue weighted by atomic mass is 32.2. The summed E-state index contributed by atoms with van der Waals surface area (Å²) in [7, 11) is -0.0653. The minimum Gasteiger partial charge on any atom is -0.325 e. The second kappa shape index (κ2) is 8.97. The quantitative estimate of drug-likeness (QED) is 0.725. The Morgan fingerprint density at radius 1 is 1.11 bits per heavy atom. The normalized spacial score (nSPS) is 13.3. The first-order chi connectivity index (χ1) is 12.6. The van der Waals surface area contributed by atoms with Crippen molar-refractivity contribution in [3.05, 3.63) is 46.7 Å². The molecular formula is C19H27N3O3S2. The van der Waals surface area contributed by atoms with E-state index in [0.717, 1.165) is 0 Å². The van der Waals surface area contributed by atoms with Crippen LogP contribution in [0.4, 0.5) is 5.69 Å². The fourth-order valence-electron chi connectivity index (χ4n) is 2.46. The van der Waals surface area contributed by atoms with E-state index in [2.05, 4.69) is 18.3 Å². The Hall–Kier alpha value is -1.74. The Bertz CT molecular complexity index is 847. The highest BCUT2D eigenvalue weighted by molar-refractivity contribution is 7.89. The van der Waals surface area contributed by atoms with Crippen LogP contribution in [0.25, 0.3) is 0 Å². The average Bonchev–Trinajstić information content (AvgIpc) is 3.15. The number of thiophene rings is 1. The number of hydrogen-bond acceptors (Lipinski definition) is 5. The zero-order valence-corrected chi connectivity index (χ0v) is 18.0. The maximum absolute atomic E-state index is 12.5. The molecule has 6 nitrogen and oxygen atoms in total. The van der Waals surface area contributed by atoms with Gasteiger partial charge in [0.1, 0.15) is 0 Å². The summed E-state index contributed by atoms with van der Waals surface area (Å²) in [6.45, 7) is 5.94. The smallest absolute Gasteiger partial charge is 0.243 e. The van der Waals surface area contributed by atoms with Crippen molar-refractivity contribution < 1.29 is 13.2 Å². The molecule has 0 aliphatic heterocycles. The molecule has 1 unspecified atom stereocenters. The van der Waals surface area contributed by atoms with E-state index in [1.54, 1.807) is 30.5 Å². The molecule has 1 heterocycles. The van der Waals surface area contributed by atoms with Crippen LogP contribution in [-0.4, -0.2) is 50.2 Å². The summed E-state index contributed by atoms with van der Waals surface area (Å²) in [4.78, 5) is 15.7. The van der Waals surface area contributed by atoms with Crippen molar-refractivity contribution in [2.45, 2.75) is 37.8 Å². The molecule has 1 aromatic carbocycles. The summed E-state index contributed by atoms with van der Waals surface area (Å²) in [5.74, 6) is -0.143.